The minimum absolute atomic E-state index is 0.717. The second-order valence-corrected chi connectivity index (χ2v) is 6.54. The zero-order valence-electron chi connectivity index (χ0n) is 13.6. The predicted octanol–water partition coefficient (Wildman–Crippen LogP) is 5.52. The third-order valence-electron chi connectivity index (χ3n) is 4.59. The minimum Gasteiger partial charge on any atom is -0.495 e. The summed E-state index contributed by atoms with van der Waals surface area (Å²) in [5.41, 5.74) is 5.56. The average molecular weight is 339 g/mol. The number of aromatic nitrogens is 1. The van der Waals surface area contributed by atoms with Crippen LogP contribution in [0.5, 0.6) is 5.75 Å². The number of nitrogens with zero attached hydrogens (tertiary/aromatic N) is 1. The van der Waals surface area contributed by atoms with Crippen LogP contribution in [-0.4, -0.2) is 12.1 Å². The van der Waals surface area contributed by atoms with Gasteiger partial charge in [-0.1, -0.05) is 23.7 Å². The number of halogens is 1. The van der Waals surface area contributed by atoms with E-state index < -0.39 is 0 Å². The van der Waals surface area contributed by atoms with Crippen molar-refractivity contribution >= 4 is 33.9 Å². The number of hydrogen-bond donors (Lipinski definition) is 1. The van der Waals surface area contributed by atoms with E-state index in [0.717, 1.165) is 40.9 Å². The molecule has 0 aliphatic heterocycles. The lowest BCUT2D eigenvalue weighted by atomic mass is 9.92. The molecule has 1 aliphatic rings. The van der Waals surface area contributed by atoms with Crippen LogP contribution in [0.4, 0.5) is 11.4 Å². The number of anilines is 2. The van der Waals surface area contributed by atoms with E-state index in [4.69, 9.17) is 21.3 Å². The van der Waals surface area contributed by atoms with Gasteiger partial charge in [-0.2, -0.15) is 0 Å². The standard InChI is InChI=1S/C20H19ClN2O/c1-24-19-9-5-4-8-17(19)23-20-14-6-2-3-7-16(14)22-18-12-13(21)10-11-15(18)20/h4-5,8-12H,2-3,6-7H2,1H3,(H,22,23). The molecule has 3 aromatic rings. The molecule has 0 fully saturated rings. The number of nitrogens with one attached hydrogen (secondary N) is 1. The van der Waals surface area contributed by atoms with Gasteiger partial charge in [-0.25, -0.2) is 0 Å². The fourth-order valence-electron chi connectivity index (χ4n) is 3.42. The van der Waals surface area contributed by atoms with E-state index in [-0.39, 0.29) is 0 Å². The van der Waals surface area contributed by atoms with Crippen LogP contribution in [0.2, 0.25) is 5.02 Å². The van der Waals surface area contributed by atoms with E-state index in [2.05, 4.69) is 11.4 Å². The van der Waals surface area contributed by atoms with Crippen LogP contribution in [0.25, 0.3) is 10.9 Å². The van der Waals surface area contributed by atoms with E-state index in [1.54, 1.807) is 7.11 Å². The maximum absolute atomic E-state index is 6.18. The Hall–Kier alpha value is -2.26. The summed E-state index contributed by atoms with van der Waals surface area (Å²) in [5.74, 6) is 0.834. The largest absolute Gasteiger partial charge is 0.495 e. The third kappa shape index (κ3) is 2.69. The molecule has 0 bridgehead atoms. The number of methoxy groups -OCH3 is 1. The van der Waals surface area contributed by atoms with Crippen LogP contribution in [-0.2, 0) is 12.8 Å². The van der Waals surface area contributed by atoms with Gasteiger partial charge in [0.25, 0.3) is 0 Å². The van der Waals surface area contributed by atoms with Gasteiger partial charge < -0.3 is 10.1 Å². The first-order valence-corrected chi connectivity index (χ1v) is 8.65. The molecule has 1 aromatic heterocycles. The van der Waals surface area contributed by atoms with E-state index in [0.29, 0.717) is 5.02 Å². The number of hydrogen-bond acceptors (Lipinski definition) is 3. The molecular formula is C20H19ClN2O. The molecule has 24 heavy (non-hydrogen) atoms. The van der Waals surface area contributed by atoms with E-state index in [9.17, 15) is 0 Å². The van der Waals surface area contributed by atoms with Crippen molar-refractivity contribution in [1.29, 1.82) is 0 Å². The van der Waals surface area contributed by atoms with Gasteiger partial charge in [-0.05, 0) is 61.6 Å². The number of fused-ring (bicyclic) bond motifs is 2. The number of rotatable bonds is 3. The molecule has 2 aromatic carbocycles. The first kappa shape index (κ1) is 15.3. The van der Waals surface area contributed by atoms with Gasteiger partial charge in [0, 0.05) is 16.1 Å². The lowest BCUT2D eigenvalue weighted by Crippen LogP contribution is -2.10. The van der Waals surface area contributed by atoms with Crippen molar-refractivity contribution in [1.82, 2.24) is 4.98 Å². The zero-order valence-corrected chi connectivity index (χ0v) is 14.4. The first-order chi connectivity index (χ1) is 11.8. The Bertz CT molecular complexity index is 908. The summed E-state index contributed by atoms with van der Waals surface area (Å²) < 4.78 is 5.49. The van der Waals surface area contributed by atoms with Crippen molar-refractivity contribution in [3.05, 3.63) is 58.7 Å². The highest BCUT2D eigenvalue weighted by Gasteiger charge is 2.19. The number of ether oxygens (including phenoxy) is 1. The molecule has 0 spiro atoms. The van der Waals surface area contributed by atoms with Gasteiger partial charge in [0.1, 0.15) is 5.75 Å². The summed E-state index contributed by atoms with van der Waals surface area (Å²) in [6.45, 7) is 0. The lowest BCUT2D eigenvalue weighted by molar-refractivity contribution is 0.417. The Morgan fingerprint density at radius 2 is 1.92 bits per heavy atom. The van der Waals surface area contributed by atoms with Crippen molar-refractivity contribution in [2.24, 2.45) is 0 Å². The van der Waals surface area contributed by atoms with Crippen molar-refractivity contribution < 1.29 is 4.74 Å². The number of pyridine rings is 1. The fraction of sp³-hybridized carbons (Fsp3) is 0.250. The molecule has 0 atom stereocenters. The normalized spacial score (nSPS) is 13.6. The minimum atomic E-state index is 0.717. The van der Waals surface area contributed by atoms with Crippen LogP contribution in [0.3, 0.4) is 0 Å². The summed E-state index contributed by atoms with van der Waals surface area (Å²) in [6.07, 6.45) is 4.48. The first-order valence-electron chi connectivity index (χ1n) is 8.27. The topological polar surface area (TPSA) is 34.1 Å². The van der Waals surface area contributed by atoms with Crippen LogP contribution >= 0.6 is 11.6 Å². The van der Waals surface area contributed by atoms with Crippen molar-refractivity contribution in [3.63, 3.8) is 0 Å². The molecule has 3 nitrogen and oxygen atoms in total. The molecule has 122 valence electrons. The number of aryl methyl sites for hydroxylation is 1. The summed E-state index contributed by atoms with van der Waals surface area (Å²) in [6, 6.07) is 13.9. The van der Waals surface area contributed by atoms with Gasteiger partial charge in [0.05, 0.1) is 24.0 Å². The maximum Gasteiger partial charge on any atom is 0.142 e. The van der Waals surface area contributed by atoms with Crippen LogP contribution < -0.4 is 10.1 Å². The van der Waals surface area contributed by atoms with E-state index >= 15 is 0 Å². The van der Waals surface area contributed by atoms with Crippen molar-refractivity contribution in [2.75, 3.05) is 12.4 Å². The molecule has 4 rings (SSSR count). The Kier molecular flexibility index (Phi) is 4.03. The third-order valence-corrected chi connectivity index (χ3v) is 4.83. The fourth-order valence-corrected chi connectivity index (χ4v) is 3.59. The number of benzene rings is 2. The predicted molar refractivity (Wildman–Crippen MR) is 99.7 cm³/mol. The molecule has 0 amide bonds. The molecule has 0 saturated heterocycles. The molecular weight excluding hydrogens is 320 g/mol. The Morgan fingerprint density at radius 3 is 2.79 bits per heavy atom. The Morgan fingerprint density at radius 1 is 1.08 bits per heavy atom. The second kappa shape index (κ2) is 6.33. The van der Waals surface area contributed by atoms with Crippen LogP contribution in [0.1, 0.15) is 24.1 Å². The molecule has 0 saturated carbocycles. The molecule has 1 heterocycles. The van der Waals surface area contributed by atoms with Crippen LogP contribution in [0.15, 0.2) is 42.5 Å². The highest BCUT2D eigenvalue weighted by Crippen LogP contribution is 2.37. The lowest BCUT2D eigenvalue weighted by Gasteiger charge is -2.22. The quantitative estimate of drug-likeness (QED) is 0.682. The zero-order chi connectivity index (χ0) is 16.5. The van der Waals surface area contributed by atoms with Gasteiger partial charge in [-0.15, -0.1) is 0 Å². The van der Waals surface area contributed by atoms with E-state index in [1.165, 1.54) is 24.1 Å². The monoisotopic (exact) mass is 338 g/mol. The van der Waals surface area contributed by atoms with Gasteiger partial charge >= 0.3 is 0 Å². The Balaban J connectivity index is 1.92. The molecule has 0 radical (unpaired) electrons. The second-order valence-electron chi connectivity index (χ2n) is 6.11. The SMILES string of the molecule is COc1ccccc1Nc1c2c(nc3cc(Cl)ccc13)CCCC2. The highest BCUT2D eigenvalue weighted by molar-refractivity contribution is 6.31. The van der Waals surface area contributed by atoms with Crippen molar-refractivity contribution in [3.8, 4) is 5.75 Å². The highest BCUT2D eigenvalue weighted by atomic mass is 35.5. The molecule has 1 N–H and O–H groups in total. The van der Waals surface area contributed by atoms with Crippen molar-refractivity contribution in [2.45, 2.75) is 25.7 Å². The molecule has 4 heteroatoms. The number of para-hydroxylation sites is 2. The van der Waals surface area contributed by atoms with Gasteiger partial charge in [0.15, 0.2) is 0 Å². The molecule has 1 aliphatic carbocycles. The van der Waals surface area contributed by atoms with Crippen LogP contribution in [0, 0.1) is 0 Å². The summed E-state index contributed by atoms with van der Waals surface area (Å²) in [5, 5.41) is 5.43. The van der Waals surface area contributed by atoms with E-state index in [1.807, 2.05) is 36.4 Å². The summed E-state index contributed by atoms with van der Waals surface area (Å²) in [4.78, 5) is 4.87. The van der Waals surface area contributed by atoms with Gasteiger partial charge in [-0.3, -0.25) is 4.98 Å². The smallest absolute Gasteiger partial charge is 0.142 e. The average Bonchev–Trinajstić information content (AvgIpc) is 2.61. The summed E-state index contributed by atoms with van der Waals surface area (Å²) in [7, 11) is 1.69. The van der Waals surface area contributed by atoms with Gasteiger partial charge in [0.2, 0.25) is 0 Å². The maximum atomic E-state index is 6.18. The Labute approximate surface area is 146 Å². The summed E-state index contributed by atoms with van der Waals surface area (Å²) >= 11 is 6.18. The molecule has 0 unspecified atom stereocenters.